The predicted molar refractivity (Wildman–Crippen MR) is 53.1 cm³/mol. The molecule has 0 aromatic heterocycles. The van der Waals surface area contributed by atoms with Gasteiger partial charge in [-0.05, 0) is 11.5 Å². The molecule has 0 aliphatic heterocycles. The summed E-state index contributed by atoms with van der Waals surface area (Å²) < 4.78 is 5.23. The van der Waals surface area contributed by atoms with Gasteiger partial charge in [-0.25, -0.2) is 0 Å². The van der Waals surface area contributed by atoms with Gasteiger partial charge in [0.25, 0.3) is 0 Å². The molecule has 2 aromatic rings. The lowest BCUT2D eigenvalue weighted by molar-refractivity contribution is 0.624. The highest BCUT2D eigenvalue weighted by atomic mass is 16.4. The Morgan fingerprint density at radius 2 is 1.67 bits per heavy atom. The van der Waals surface area contributed by atoms with Gasteiger partial charge in [-0.15, -0.1) is 0 Å². The largest absolute Gasteiger partial charge is 0.567 e. The van der Waals surface area contributed by atoms with Crippen LogP contribution in [-0.4, -0.2) is 8.05 Å². The number of rotatable bonds is 1. The van der Waals surface area contributed by atoms with Gasteiger partial charge in [0.1, 0.15) is 5.75 Å². The smallest absolute Gasteiger partial charge is 0.322 e. The van der Waals surface area contributed by atoms with Gasteiger partial charge in [0.05, 0.1) is 0 Å². The van der Waals surface area contributed by atoms with Crippen LogP contribution in [0.1, 0.15) is 0 Å². The number of benzene rings is 2. The second-order valence-corrected chi connectivity index (χ2v) is 2.68. The lowest BCUT2D eigenvalue weighted by Crippen LogP contribution is -1.85. The third-order valence-electron chi connectivity index (χ3n) is 1.97. The van der Waals surface area contributed by atoms with E-state index < -0.39 is 0 Å². The fourth-order valence-electron chi connectivity index (χ4n) is 1.37. The molecule has 12 heavy (non-hydrogen) atoms. The van der Waals surface area contributed by atoms with Gasteiger partial charge in [-0.3, -0.25) is 0 Å². The quantitative estimate of drug-likeness (QED) is 0.571. The van der Waals surface area contributed by atoms with Crippen molar-refractivity contribution in [1.29, 1.82) is 0 Å². The standard InChI is InChI=1S/C10H9BO/c11-12-10-7-3-5-8-4-1-2-6-9(8)10/h1-7H,11H2. The van der Waals surface area contributed by atoms with Crippen molar-refractivity contribution in [1.82, 2.24) is 0 Å². The van der Waals surface area contributed by atoms with Crippen molar-refractivity contribution in [3.8, 4) is 5.75 Å². The van der Waals surface area contributed by atoms with Crippen molar-refractivity contribution in [2.75, 3.05) is 0 Å². The Balaban J connectivity index is 2.79. The fraction of sp³-hybridized carbons (Fsp3) is 0. The molecule has 2 aromatic carbocycles. The van der Waals surface area contributed by atoms with E-state index in [1.165, 1.54) is 10.8 Å². The van der Waals surface area contributed by atoms with Crippen LogP contribution in [0.15, 0.2) is 42.5 Å². The highest BCUT2D eigenvalue weighted by molar-refractivity contribution is 6.02. The van der Waals surface area contributed by atoms with Gasteiger partial charge in [0.15, 0.2) is 0 Å². The molecule has 0 saturated heterocycles. The van der Waals surface area contributed by atoms with E-state index in [-0.39, 0.29) is 0 Å². The van der Waals surface area contributed by atoms with Gasteiger partial charge in [-0.1, -0.05) is 36.4 Å². The molecule has 0 N–H and O–H groups in total. The molecular weight excluding hydrogens is 147 g/mol. The highest BCUT2D eigenvalue weighted by Gasteiger charge is 1.96. The third kappa shape index (κ3) is 1.05. The molecule has 0 atom stereocenters. The molecule has 0 amide bonds. The number of hydrogen-bond donors (Lipinski definition) is 0. The minimum Gasteiger partial charge on any atom is -0.567 e. The molecule has 1 nitrogen and oxygen atoms in total. The van der Waals surface area contributed by atoms with Crippen molar-refractivity contribution < 1.29 is 4.65 Å². The van der Waals surface area contributed by atoms with Crippen LogP contribution in [-0.2, 0) is 0 Å². The minimum absolute atomic E-state index is 0.938. The maximum absolute atomic E-state index is 5.23. The van der Waals surface area contributed by atoms with Gasteiger partial charge in [0.2, 0.25) is 0 Å². The first-order chi connectivity index (χ1) is 5.92. The van der Waals surface area contributed by atoms with Crippen LogP contribution >= 0.6 is 0 Å². The SMILES string of the molecule is BOc1cccc2ccccc12. The normalized spacial score (nSPS) is 10.0. The molecule has 0 aliphatic carbocycles. The monoisotopic (exact) mass is 156 g/mol. The predicted octanol–water partition coefficient (Wildman–Crippen LogP) is 1.77. The van der Waals surface area contributed by atoms with E-state index >= 15 is 0 Å². The summed E-state index contributed by atoms with van der Waals surface area (Å²) in [5, 5.41) is 2.39. The van der Waals surface area contributed by atoms with E-state index in [2.05, 4.69) is 18.2 Å². The molecule has 2 heteroatoms. The molecule has 0 heterocycles. The van der Waals surface area contributed by atoms with Crippen LogP contribution in [0.5, 0.6) is 5.75 Å². The van der Waals surface area contributed by atoms with Gasteiger partial charge < -0.3 is 4.65 Å². The second-order valence-electron chi connectivity index (χ2n) is 2.68. The second kappa shape index (κ2) is 2.90. The highest BCUT2D eigenvalue weighted by Crippen LogP contribution is 2.23. The zero-order valence-electron chi connectivity index (χ0n) is 6.95. The zero-order valence-corrected chi connectivity index (χ0v) is 6.95. The Kier molecular flexibility index (Phi) is 1.74. The van der Waals surface area contributed by atoms with Crippen molar-refractivity contribution >= 4 is 18.8 Å². The van der Waals surface area contributed by atoms with Crippen LogP contribution in [0, 0.1) is 0 Å². The molecule has 58 valence electrons. The maximum atomic E-state index is 5.23. The maximum Gasteiger partial charge on any atom is 0.322 e. The van der Waals surface area contributed by atoms with Crippen LogP contribution in [0.2, 0.25) is 0 Å². The molecular formula is C10H9BO. The summed E-state index contributed by atoms with van der Waals surface area (Å²) in [7, 11) is 1.70. The Bertz CT molecular complexity index is 392. The summed E-state index contributed by atoms with van der Waals surface area (Å²) in [4.78, 5) is 0. The summed E-state index contributed by atoms with van der Waals surface area (Å²) in [5.74, 6) is 0.938. The molecule has 0 fully saturated rings. The van der Waals surface area contributed by atoms with Gasteiger partial charge >= 0.3 is 8.05 Å². The van der Waals surface area contributed by atoms with Gasteiger partial charge in [0, 0.05) is 5.39 Å². The molecule has 0 spiro atoms. The van der Waals surface area contributed by atoms with E-state index in [1.54, 1.807) is 8.05 Å². The van der Waals surface area contributed by atoms with Crippen molar-refractivity contribution in [3.05, 3.63) is 42.5 Å². The van der Waals surface area contributed by atoms with Crippen LogP contribution in [0.3, 0.4) is 0 Å². The van der Waals surface area contributed by atoms with E-state index in [0.717, 1.165) is 5.75 Å². The average Bonchev–Trinajstić information content (AvgIpc) is 2.17. The Hall–Kier alpha value is -1.44. The van der Waals surface area contributed by atoms with E-state index in [1.807, 2.05) is 24.3 Å². The number of fused-ring (bicyclic) bond motifs is 1. The molecule has 0 saturated carbocycles. The summed E-state index contributed by atoms with van der Waals surface area (Å²) in [6.45, 7) is 0. The van der Waals surface area contributed by atoms with Crippen molar-refractivity contribution in [2.45, 2.75) is 0 Å². The molecule has 0 radical (unpaired) electrons. The molecule has 0 aliphatic rings. The van der Waals surface area contributed by atoms with Gasteiger partial charge in [-0.2, -0.15) is 0 Å². The summed E-state index contributed by atoms with van der Waals surface area (Å²) in [6.07, 6.45) is 0. The van der Waals surface area contributed by atoms with Crippen molar-refractivity contribution in [3.63, 3.8) is 0 Å². The van der Waals surface area contributed by atoms with Crippen LogP contribution in [0.4, 0.5) is 0 Å². The first-order valence-corrected chi connectivity index (χ1v) is 3.93. The molecule has 0 bridgehead atoms. The Labute approximate surface area is 72.4 Å². The van der Waals surface area contributed by atoms with E-state index in [0.29, 0.717) is 0 Å². The topological polar surface area (TPSA) is 9.23 Å². The van der Waals surface area contributed by atoms with Crippen LogP contribution in [0.25, 0.3) is 10.8 Å². The summed E-state index contributed by atoms with van der Waals surface area (Å²) in [5.41, 5.74) is 0. The minimum atomic E-state index is 0.938. The molecule has 2 rings (SSSR count). The van der Waals surface area contributed by atoms with Crippen molar-refractivity contribution in [2.24, 2.45) is 0 Å². The summed E-state index contributed by atoms with van der Waals surface area (Å²) >= 11 is 0. The van der Waals surface area contributed by atoms with Crippen LogP contribution < -0.4 is 4.65 Å². The average molecular weight is 156 g/mol. The Morgan fingerprint density at radius 1 is 0.917 bits per heavy atom. The lowest BCUT2D eigenvalue weighted by Gasteiger charge is -2.04. The zero-order chi connectivity index (χ0) is 8.39. The number of hydrogen-bond acceptors (Lipinski definition) is 1. The van der Waals surface area contributed by atoms with E-state index in [9.17, 15) is 0 Å². The first kappa shape index (κ1) is 7.23. The fourth-order valence-corrected chi connectivity index (χ4v) is 1.37. The lowest BCUT2D eigenvalue weighted by atomic mass is 10.1. The molecule has 0 unspecified atom stereocenters. The first-order valence-electron chi connectivity index (χ1n) is 3.93. The Morgan fingerprint density at radius 3 is 2.50 bits per heavy atom. The van der Waals surface area contributed by atoms with E-state index in [4.69, 9.17) is 4.65 Å². The summed E-state index contributed by atoms with van der Waals surface area (Å²) in [6, 6.07) is 14.2. The third-order valence-corrected chi connectivity index (χ3v) is 1.97.